The molecule has 132 valence electrons. The van der Waals surface area contributed by atoms with Crippen molar-refractivity contribution < 1.29 is 19.1 Å². The minimum Gasteiger partial charge on any atom is -0.493 e. The maximum atomic E-state index is 12.1. The molecule has 2 amide bonds. The van der Waals surface area contributed by atoms with E-state index in [0.717, 1.165) is 5.56 Å². The molecular weight excluding hydrogens is 308 g/mol. The second-order valence-corrected chi connectivity index (χ2v) is 6.34. The first-order chi connectivity index (χ1) is 11.5. The smallest absolute Gasteiger partial charge is 0.224 e. The van der Waals surface area contributed by atoms with Gasteiger partial charge >= 0.3 is 0 Å². The summed E-state index contributed by atoms with van der Waals surface area (Å²) in [6.45, 7) is 4.36. The minimum absolute atomic E-state index is 0.0231. The van der Waals surface area contributed by atoms with E-state index >= 15 is 0 Å². The summed E-state index contributed by atoms with van der Waals surface area (Å²) in [5.74, 6) is 0.934. The van der Waals surface area contributed by atoms with Gasteiger partial charge in [-0.1, -0.05) is 6.07 Å². The number of amides is 2. The Balaban J connectivity index is 1.77. The van der Waals surface area contributed by atoms with Crippen molar-refractivity contribution in [3.8, 4) is 11.5 Å². The number of carbonyl (C=O) groups excluding carboxylic acids is 2. The average molecular weight is 334 g/mol. The van der Waals surface area contributed by atoms with Crippen molar-refractivity contribution in [2.75, 3.05) is 20.8 Å². The van der Waals surface area contributed by atoms with Crippen LogP contribution in [0, 0.1) is 11.8 Å². The van der Waals surface area contributed by atoms with E-state index in [1.807, 2.05) is 32.0 Å². The zero-order valence-electron chi connectivity index (χ0n) is 14.7. The van der Waals surface area contributed by atoms with Gasteiger partial charge in [0.2, 0.25) is 11.8 Å². The number of hydrogen-bond acceptors (Lipinski definition) is 4. The van der Waals surface area contributed by atoms with Crippen molar-refractivity contribution in [1.29, 1.82) is 0 Å². The summed E-state index contributed by atoms with van der Waals surface area (Å²) in [4.78, 5) is 23.9. The molecule has 0 saturated heterocycles. The van der Waals surface area contributed by atoms with Crippen molar-refractivity contribution in [3.63, 3.8) is 0 Å². The highest BCUT2D eigenvalue weighted by Gasteiger charge is 2.47. The van der Waals surface area contributed by atoms with Gasteiger partial charge in [-0.3, -0.25) is 9.59 Å². The molecule has 0 heterocycles. The molecule has 1 aliphatic rings. The van der Waals surface area contributed by atoms with Gasteiger partial charge in [0.15, 0.2) is 11.5 Å². The van der Waals surface area contributed by atoms with E-state index < -0.39 is 0 Å². The molecule has 1 saturated carbocycles. The molecule has 1 aliphatic carbocycles. The predicted octanol–water partition coefficient (Wildman–Crippen LogP) is 1.52. The molecule has 1 aromatic rings. The highest BCUT2D eigenvalue weighted by Crippen LogP contribution is 2.38. The zero-order chi connectivity index (χ0) is 17.7. The van der Waals surface area contributed by atoms with Gasteiger partial charge in [0.25, 0.3) is 0 Å². The van der Waals surface area contributed by atoms with Gasteiger partial charge in [-0.2, -0.15) is 0 Å². The summed E-state index contributed by atoms with van der Waals surface area (Å²) in [5, 5.41) is 5.76. The first-order valence-corrected chi connectivity index (χ1v) is 8.25. The van der Waals surface area contributed by atoms with Gasteiger partial charge in [0.05, 0.1) is 26.1 Å². The Morgan fingerprint density at radius 3 is 2.42 bits per heavy atom. The number of ether oxygens (including phenoxy) is 2. The fourth-order valence-electron chi connectivity index (χ4n) is 2.66. The van der Waals surface area contributed by atoms with Crippen LogP contribution >= 0.6 is 0 Å². The fraction of sp³-hybridized carbons (Fsp3) is 0.556. The third kappa shape index (κ3) is 4.63. The van der Waals surface area contributed by atoms with Crippen LogP contribution in [0.1, 0.15) is 25.8 Å². The summed E-state index contributed by atoms with van der Waals surface area (Å²) in [5.41, 5.74) is 1.05. The quantitative estimate of drug-likeness (QED) is 0.756. The normalized spacial score (nSPS) is 18.9. The minimum atomic E-state index is -0.186. The molecule has 0 radical (unpaired) electrons. The van der Waals surface area contributed by atoms with Crippen LogP contribution in [0.4, 0.5) is 0 Å². The number of carbonyl (C=O) groups is 2. The topological polar surface area (TPSA) is 76.7 Å². The lowest BCUT2D eigenvalue weighted by molar-refractivity contribution is -0.127. The molecule has 2 atom stereocenters. The lowest BCUT2D eigenvalue weighted by Gasteiger charge is -2.10. The monoisotopic (exact) mass is 334 g/mol. The number of benzene rings is 1. The van der Waals surface area contributed by atoms with E-state index in [4.69, 9.17) is 9.47 Å². The number of hydrogen-bond donors (Lipinski definition) is 2. The highest BCUT2D eigenvalue weighted by atomic mass is 16.5. The van der Waals surface area contributed by atoms with E-state index in [9.17, 15) is 9.59 Å². The molecule has 1 aromatic carbocycles. The van der Waals surface area contributed by atoms with Gasteiger partial charge in [-0.15, -0.1) is 0 Å². The Labute approximate surface area is 142 Å². The van der Waals surface area contributed by atoms with Crippen molar-refractivity contribution in [1.82, 2.24) is 10.6 Å². The lowest BCUT2D eigenvalue weighted by atomic mass is 10.1. The molecule has 2 N–H and O–H groups in total. The van der Waals surface area contributed by atoms with Crippen molar-refractivity contribution in [3.05, 3.63) is 23.8 Å². The molecule has 0 spiro atoms. The highest BCUT2D eigenvalue weighted by molar-refractivity contribution is 5.92. The summed E-state index contributed by atoms with van der Waals surface area (Å²) < 4.78 is 10.5. The first-order valence-electron chi connectivity index (χ1n) is 8.25. The third-order valence-electron chi connectivity index (χ3n) is 4.06. The fourth-order valence-corrected chi connectivity index (χ4v) is 2.66. The van der Waals surface area contributed by atoms with Crippen LogP contribution in [0.2, 0.25) is 0 Å². The number of rotatable bonds is 8. The van der Waals surface area contributed by atoms with E-state index in [1.54, 1.807) is 14.2 Å². The molecule has 1 fully saturated rings. The molecule has 6 heteroatoms. The Bertz CT molecular complexity index is 601. The standard InChI is InChI=1S/C18H26N2O4/c1-11(2)20-18(22)14-10-13(14)17(21)19-8-7-12-5-6-15(23-3)16(9-12)24-4/h5-6,9,11,13-14H,7-8,10H2,1-4H3,(H,19,21)(H,20,22). The van der Waals surface area contributed by atoms with Gasteiger partial charge < -0.3 is 20.1 Å². The SMILES string of the molecule is COc1ccc(CCNC(=O)C2CC2C(=O)NC(C)C)cc1OC. The summed E-state index contributed by atoms with van der Waals surface area (Å²) in [7, 11) is 3.19. The van der Waals surface area contributed by atoms with Crippen molar-refractivity contribution >= 4 is 11.8 Å². The Kier molecular flexibility index (Phi) is 6.06. The lowest BCUT2D eigenvalue weighted by Crippen LogP contribution is -2.34. The molecular formula is C18H26N2O4. The van der Waals surface area contributed by atoms with E-state index in [2.05, 4.69) is 10.6 Å². The summed E-state index contributed by atoms with van der Waals surface area (Å²) >= 11 is 0. The molecule has 6 nitrogen and oxygen atoms in total. The molecule has 24 heavy (non-hydrogen) atoms. The zero-order valence-corrected chi connectivity index (χ0v) is 14.7. The van der Waals surface area contributed by atoms with Crippen molar-refractivity contribution in [2.45, 2.75) is 32.7 Å². The molecule has 0 aliphatic heterocycles. The maximum Gasteiger partial charge on any atom is 0.224 e. The molecule has 2 unspecified atom stereocenters. The Morgan fingerprint density at radius 2 is 1.79 bits per heavy atom. The van der Waals surface area contributed by atoms with Crippen molar-refractivity contribution in [2.24, 2.45) is 11.8 Å². The van der Waals surface area contributed by atoms with Crippen LogP contribution in [-0.2, 0) is 16.0 Å². The van der Waals surface area contributed by atoms with Gasteiger partial charge in [0.1, 0.15) is 0 Å². The summed E-state index contributed by atoms with van der Waals surface area (Å²) in [6.07, 6.45) is 1.34. The maximum absolute atomic E-state index is 12.1. The number of methoxy groups -OCH3 is 2. The van der Waals surface area contributed by atoms with Crippen LogP contribution in [0.3, 0.4) is 0 Å². The van der Waals surface area contributed by atoms with E-state index in [-0.39, 0.29) is 29.7 Å². The van der Waals surface area contributed by atoms with Crippen LogP contribution in [-0.4, -0.2) is 38.6 Å². The molecule has 2 rings (SSSR count). The largest absolute Gasteiger partial charge is 0.493 e. The third-order valence-corrected chi connectivity index (χ3v) is 4.06. The van der Waals surface area contributed by atoms with Gasteiger partial charge in [0, 0.05) is 12.6 Å². The van der Waals surface area contributed by atoms with Crippen LogP contribution in [0.5, 0.6) is 11.5 Å². The van der Waals surface area contributed by atoms with Gasteiger partial charge in [-0.05, 0) is 44.4 Å². The van der Waals surface area contributed by atoms with Crippen LogP contribution in [0.15, 0.2) is 18.2 Å². The van der Waals surface area contributed by atoms with Crippen LogP contribution in [0.25, 0.3) is 0 Å². The van der Waals surface area contributed by atoms with Gasteiger partial charge in [-0.25, -0.2) is 0 Å². The molecule has 0 aromatic heterocycles. The first kappa shape index (κ1) is 18.1. The van der Waals surface area contributed by atoms with E-state index in [1.165, 1.54) is 0 Å². The summed E-state index contributed by atoms with van der Waals surface area (Å²) in [6, 6.07) is 5.81. The number of nitrogens with one attached hydrogen (secondary N) is 2. The average Bonchev–Trinajstić information content (AvgIpc) is 3.34. The van der Waals surface area contributed by atoms with Crippen LogP contribution < -0.4 is 20.1 Å². The second kappa shape index (κ2) is 8.04. The Hall–Kier alpha value is -2.24. The second-order valence-electron chi connectivity index (χ2n) is 6.34. The molecule has 0 bridgehead atoms. The predicted molar refractivity (Wildman–Crippen MR) is 91.1 cm³/mol. The Morgan fingerprint density at radius 1 is 1.12 bits per heavy atom. The van der Waals surface area contributed by atoms with E-state index in [0.29, 0.717) is 30.9 Å².